The van der Waals surface area contributed by atoms with Gasteiger partial charge in [0, 0.05) is 24.0 Å². The molecule has 1 aliphatic rings. The van der Waals surface area contributed by atoms with Crippen LogP contribution in [0.15, 0.2) is 11.6 Å². The van der Waals surface area contributed by atoms with Crippen LogP contribution in [0.1, 0.15) is 18.4 Å². The minimum absolute atomic E-state index is 0.339. The number of nitrogens with zero attached hydrogens (tertiary/aromatic N) is 1. The molecule has 0 radical (unpaired) electrons. The fourth-order valence-electron chi connectivity index (χ4n) is 1.65. The summed E-state index contributed by atoms with van der Waals surface area (Å²) < 4.78 is 0. The lowest BCUT2D eigenvalue weighted by Gasteiger charge is -2.07. The Morgan fingerprint density at radius 1 is 1.83 bits per heavy atom. The summed E-state index contributed by atoms with van der Waals surface area (Å²) in [6, 6.07) is 0.339. The summed E-state index contributed by atoms with van der Waals surface area (Å²) in [6.45, 7) is 2.27. The molecule has 1 aromatic heterocycles. The van der Waals surface area contributed by atoms with Crippen LogP contribution >= 0.6 is 11.3 Å². The van der Waals surface area contributed by atoms with Gasteiger partial charge in [-0.25, -0.2) is 4.98 Å². The SMILES string of the molecule is CC1CC1C(N)Cc1nccs1. The van der Waals surface area contributed by atoms with Crippen molar-refractivity contribution >= 4 is 11.3 Å². The maximum absolute atomic E-state index is 6.03. The van der Waals surface area contributed by atoms with Crippen molar-refractivity contribution in [1.82, 2.24) is 4.98 Å². The zero-order valence-corrected chi connectivity index (χ0v) is 8.05. The molecule has 0 saturated heterocycles. The maximum atomic E-state index is 6.03. The molecule has 3 heteroatoms. The Bertz CT molecular complexity index is 245. The molecule has 2 rings (SSSR count). The van der Waals surface area contributed by atoms with Gasteiger partial charge in [0.05, 0.1) is 5.01 Å². The van der Waals surface area contributed by atoms with Gasteiger partial charge in [-0.1, -0.05) is 6.92 Å². The second-order valence-corrected chi connectivity index (χ2v) is 4.65. The predicted octanol–water partition coefficient (Wildman–Crippen LogP) is 1.67. The average molecular weight is 182 g/mol. The summed E-state index contributed by atoms with van der Waals surface area (Å²) in [4.78, 5) is 4.23. The molecule has 2 N–H and O–H groups in total. The predicted molar refractivity (Wildman–Crippen MR) is 51.1 cm³/mol. The Morgan fingerprint density at radius 3 is 3.08 bits per heavy atom. The van der Waals surface area contributed by atoms with Crippen molar-refractivity contribution in [3.63, 3.8) is 0 Å². The summed E-state index contributed by atoms with van der Waals surface area (Å²) in [5, 5.41) is 3.19. The van der Waals surface area contributed by atoms with E-state index in [2.05, 4.69) is 11.9 Å². The number of nitrogens with two attached hydrogens (primary N) is 1. The number of hydrogen-bond donors (Lipinski definition) is 1. The van der Waals surface area contributed by atoms with Crippen molar-refractivity contribution < 1.29 is 0 Å². The third-order valence-corrected chi connectivity index (χ3v) is 3.42. The van der Waals surface area contributed by atoms with Gasteiger partial charge in [-0.05, 0) is 18.3 Å². The maximum Gasteiger partial charge on any atom is 0.0940 e. The van der Waals surface area contributed by atoms with E-state index in [1.54, 1.807) is 11.3 Å². The largest absolute Gasteiger partial charge is 0.327 e. The molecular weight excluding hydrogens is 168 g/mol. The van der Waals surface area contributed by atoms with Crippen molar-refractivity contribution in [1.29, 1.82) is 0 Å². The van der Waals surface area contributed by atoms with Crippen LogP contribution in [0, 0.1) is 11.8 Å². The van der Waals surface area contributed by atoms with E-state index in [4.69, 9.17) is 5.73 Å². The zero-order chi connectivity index (χ0) is 8.55. The van der Waals surface area contributed by atoms with E-state index >= 15 is 0 Å². The topological polar surface area (TPSA) is 38.9 Å². The Morgan fingerprint density at radius 2 is 2.58 bits per heavy atom. The third kappa shape index (κ3) is 1.67. The van der Waals surface area contributed by atoms with Crippen molar-refractivity contribution in [2.24, 2.45) is 17.6 Å². The molecule has 1 fully saturated rings. The highest BCUT2D eigenvalue weighted by Crippen LogP contribution is 2.40. The normalized spacial score (nSPS) is 30.2. The number of hydrogen-bond acceptors (Lipinski definition) is 3. The summed E-state index contributed by atoms with van der Waals surface area (Å²) in [7, 11) is 0. The van der Waals surface area contributed by atoms with Gasteiger partial charge in [-0.3, -0.25) is 0 Å². The van der Waals surface area contributed by atoms with Crippen molar-refractivity contribution in [2.45, 2.75) is 25.8 Å². The standard InChI is InChI=1S/C9H14N2S/c1-6-4-7(6)8(10)5-9-11-2-3-12-9/h2-3,6-8H,4-5,10H2,1H3. The lowest BCUT2D eigenvalue weighted by atomic mass is 10.1. The van der Waals surface area contributed by atoms with E-state index in [0.29, 0.717) is 6.04 Å². The highest BCUT2D eigenvalue weighted by molar-refractivity contribution is 7.09. The first kappa shape index (κ1) is 8.20. The van der Waals surface area contributed by atoms with Gasteiger partial charge in [-0.2, -0.15) is 0 Å². The molecule has 0 amide bonds. The monoisotopic (exact) mass is 182 g/mol. The Kier molecular flexibility index (Phi) is 2.15. The zero-order valence-electron chi connectivity index (χ0n) is 7.23. The van der Waals surface area contributed by atoms with Crippen molar-refractivity contribution in [2.75, 3.05) is 0 Å². The molecule has 0 aliphatic heterocycles. The van der Waals surface area contributed by atoms with E-state index in [0.717, 1.165) is 18.3 Å². The second-order valence-electron chi connectivity index (χ2n) is 3.67. The minimum Gasteiger partial charge on any atom is -0.327 e. The minimum atomic E-state index is 0.339. The molecule has 0 aromatic carbocycles. The third-order valence-electron chi connectivity index (χ3n) is 2.62. The van der Waals surface area contributed by atoms with Crippen LogP contribution in [-0.2, 0) is 6.42 Å². The fraction of sp³-hybridized carbons (Fsp3) is 0.667. The first-order chi connectivity index (χ1) is 5.77. The molecule has 3 atom stereocenters. The van der Waals surface area contributed by atoms with Crippen LogP contribution < -0.4 is 5.73 Å². The molecule has 0 bridgehead atoms. The van der Waals surface area contributed by atoms with Crippen LogP contribution in [0.3, 0.4) is 0 Å². The molecule has 0 spiro atoms. The van der Waals surface area contributed by atoms with Gasteiger partial charge in [-0.15, -0.1) is 11.3 Å². The van der Waals surface area contributed by atoms with Gasteiger partial charge in [0.2, 0.25) is 0 Å². The Balaban J connectivity index is 1.87. The van der Waals surface area contributed by atoms with E-state index in [-0.39, 0.29) is 0 Å². The lowest BCUT2D eigenvalue weighted by Crippen LogP contribution is -2.25. The summed E-state index contributed by atoms with van der Waals surface area (Å²) in [5.74, 6) is 1.61. The molecule has 66 valence electrons. The van der Waals surface area contributed by atoms with Crippen LogP contribution in [0.25, 0.3) is 0 Å². The quantitative estimate of drug-likeness (QED) is 0.772. The number of thiazole rings is 1. The Labute approximate surface area is 76.8 Å². The molecular formula is C9H14N2S. The molecule has 1 heterocycles. The van der Waals surface area contributed by atoms with E-state index in [9.17, 15) is 0 Å². The number of rotatable bonds is 3. The highest BCUT2D eigenvalue weighted by atomic mass is 32.1. The van der Waals surface area contributed by atoms with Crippen LogP contribution in [0.5, 0.6) is 0 Å². The first-order valence-corrected chi connectivity index (χ1v) is 5.29. The Hall–Kier alpha value is -0.410. The van der Waals surface area contributed by atoms with Gasteiger partial charge < -0.3 is 5.73 Å². The second kappa shape index (κ2) is 3.15. The van der Waals surface area contributed by atoms with Gasteiger partial charge in [0.25, 0.3) is 0 Å². The van der Waals surface area contributed by atoms with Gasteiger partial charge in [0.1, 0.15) is 0 Å². The van der Waals surface area contributed by atoms with Crippen LogP contribution in [0.4, 0.5) is 0 Å². The van der Waals surface area contributed by atoms with E-state index < -0.39 is 0 Å². The van der Waals surface area contributed by atoms with Crippen molar-refractivity contribution in [3.8, 4) is 0 Å². The number of aromatic nitrogens is 1. The summed E-state index contributed by atoms with van der Waals surface area (Å²) >= 11 is 1.71. The lowest BCUT2D eigenvalue weighted by molar-refractivity contribution is 0.559. The average Bonchev–Trinajstić information content (AvgIpc) is 2.58. The molecule has 1 aromatic rings. The molecule has 3 unspecified atom stereocenters. The van der Waals surface area contributed by atoms with Gasteiger partial charge >= 0.3 is 0 Å². The van der Waals surface area contributed by atoms with E-state index in [1.165, 1.54) is 11.4 Å². The smallest absolute Gasteiger partial charge is 0.0940 e. The first-order valence-electron chi connectivity index (χ1n) is 4.41. The van der Waals surface area contributed by atoms with Crippen LogP contribution in [-0.4, -0.2) is 11.0 Å². The molecule has 2 nitrogen and oxygen atoms in total. The van der Waals surface area contributed by atoms with E-state index in [1.807, 2.05) is 11.6 Å². The molecule has 12 heavy (non-hydrogen) atoms. The highest BCUT2D eigenvalue weighted by Gasteiger charge is 2.37. The van der Waals surface area contributed by atoms with Crippen molar-refractivity contribution in [3.05, 3.63) is 16.6 Å². The summed E-state index contributed by atoms with van der Waals surface area (Å²) in [5.41, 5.74) is 6.03. The van der Waals surface area contributed by atoms with Crippen LogP contribution in [0.2, 0.25) is 0 Å². The molecule has 1 saturated carbocycles. The fourth-order valence-corrected chi connectivity index (χ4v) is 2.34. The molecule has 1 aliphatic carbocycles. The summed E-state index contributed by atoms with van der Waals surface area (Å²) in [6.07, 6.45) is 4.13. The van der Waals surface area contributed by atoms with Gasteiger partial charge in [0.15, 0.2) is 0 Å².